The van der Waals surface area contributed by atoms with Crippen LogP contribution in [0.2, 0.25) is 0 Å². The molecule has 1 fully saturated rings. The predicted octanol–water partition coefficient (Wildman–Crippen LogP) is 3.40. The van der Waals surface area contributed by atoms with Gasteiger partial charge in [0, 0.05) is 12.1 Å². The van der Waals surface area contributed by atoms with Gasteiger partial charge in [-0.25, -0.2) is 4.39 Å². The van der Waals surface area contributed by atoms with Crippen LogP contribution in [-0.2, 0) is 11.3 Å². The van der Waals surface area contributed by atoms with Gasteiger partial charge in [-0.1, -0.05) is 12.1 Å². The Hall–Kier alpha value is -2.17. The van der Waals surface area contributed by atoms with E-state index in [1.54, 1.807) is 19.2 Å². The number of hydrogen-bond acceptors (Lipinski definition) is 3. The van der Waals surface area contributed by atoms with Crippen molar-refractivity contribution in [2.45, 2.75) is 39.2 Å². The van der Waals surface area contributed by atoms with Crippen molar-refractivity contribution >= 4 is 11.7 Å². The summed E-state index contributed by atoms with van der Waals surface area (Å²) >= 11 is 0. The van der Waals surface area contributed by atoms with Crippen LogP contribution in [0.5, 0.6) is 5.75 Å². The Morgan fingerprint density at radius 3 is 2.65 bits per heavy atom. The van der Waals surface area contributed by atoms with E-state index in [1.165, 1.54) is 11.0 Å². The number of amides is 1. The molecule has 0 spiro atoms. The van der Waals surface area contributed by atoms with E-state index in [0.29, 0.717) is 18.0 Å². The minimum absolute atomic E-state index is 0.0325. The molecule has 122 valence electrons. The van der Waals surface area contributed by atoms with Crippen molar-refractivity contribution in [2.24, 2.45) is 11.8 Å². The molecule has 0 aromatic heterocycles. The first-order valence-electron chi connectivity index (χ1n) is 7.97. The first kappa shape index (κ1) is 15.7. The van der Waals surface area contributed by atoms with Gasteiger partial charge >= 0.3 is 0 Å². The molecule has 0 atom stereocenters. The van der Waals surface area contributed by atoms with E-state index in [1.807, 2.05) is 6.08 Å². The van der Waals surface area contributed by atoms with Crippen molar-refractivity contribution in [3.8, 4) is 5.75 Å². The molecule has 1 amide bonds. The fourth-order valence-electron chi connectivity index (χ4n) is 3.43. The summed E-state index contributed by atoms with van der Waals surface area (Å²) in [5.74, 6) is -0.972. The number of carbonyl (C=O) groups is 2. The third kappa shape index (κ3) is 3.00. The quantitative estimate of drug-likeness (QED) is 0.929. The van der Waals surface area contributed by atoms with Gasteiger partial charge in [0.25, 0.3) is 5.91 Å². The van der Waals surface area contributed by atoms with Crippen molar-refractivity contribution < 1.29 is 19.1 Å². The molecule has 0 saturated heterocycles. The summed E-state index contributed by atoms with van der Waals surface area (Å²) in [6, 6.07) is 2.86. The Morgan fingerprint density at radius 2 is 2.00 bits per heavy atom. The van der Waals surface area contributed by atoms with Crippen LogP contribution < -0.4 is 0 Å². The maximum Gasteiger partial charge on any atom is 0.261 e. The molecule has 1 aliphatic carbocycles. The summed E-state index contributed by atoms with van der Waals surface area (Å²) in [5, 5.41) is 9.40. The van der Waals surface area contributed by atoms with E-state index < -0.39 is 17.5 Å². The van der Waals surface area contributed by atoms with E-state index in [9.17, 15) is 19.1 Å². The Labute approximate surface area is 134 Å². The van der Waals surface area contributed by atoms with Crippen LogP contribution in [0.4, 0.5) is 4.39 Å². The Morgan fingerprint density at radius 1 is 1.30 bits per heavy atom. The number of Topliss-reactive ketones (excluding diaryl/α,β-unsaturated/α-hetero) is 1. The van der Waals surface area contributed by atoms with E-state index >= 15 is 0 Å². The van der Waals surface area contributed by atoms with Gasteiger partial charge in [-0.05, 0) is 50.2 Å². The molecule has 4 nitrogen and oxygen atoms in total. The number of carbonyl (C=O) groups excluding carboxylic acids is 2. The van der Waals surface area contributed by atoms with E-state index in [4.69, 9.17) is 0 Å². The smallest absolute Gasteiger partial charge is 0.261 e. The number of nitrogens with zero attached hydrogens (tertiary/aromatic N) is 1. The van der Waals surface area contributed by atoms with Gasteiger partial charge < -0.3 is 10.0 Å². The van der Waals surface area contributed by atoms with E-state index in [0.717, 1.165) is 25.7 Å². The predicted molar refractivity (Wildman–Crippen MR) is 83.2 cm³/mol. The maximum absolute atomic E-state index is 13.9. The molecule has 0 bridgehead atoms. The highest BCUT2D eigenvalue weighted by Gasteiger charge is 2.31. The molecule has 1 saturated carbocycles. The number of phenols is 1. The lowest BCUT2D eigenvalue weighted by Gasteiger charge is -2.25. The molecule has 23 heavy (non-hydrogen) atoms. The van der Waals surface area contributed by atoms with Gasteiger partial charge in [-0.3, -0.25) is 9.59 Å². The SMILES string of the molecule is CC(=O)C1CCC(/C=C/N2Cc3ccc(O)c(F)c3C2=O)CC1. The van der Waals surface area contributed by atoms with Gasteiger partial charge in [-0.15, -0.1) is 0 Å². The Balaban J connectivity index is 1.65. The van der Waals surface area contributed by atoms with Crippen LogP contribution in [0.1, 0.15) is 48.5 Å². The van der Waals surface area contributed by atoms with Gasteiger partial charge in [0.1, 0.15) is 5.78 Å². The topological polar surface area (TPSA) is 57.6 Å². The highest BCUT2D eigenvalue weighted by Crippen LogP contribution is 2.32. The van der Waals surface area contributed by atoms with Crippen LogP contribution in [0.25, 0.3) is 0 Å². The number of fused-ring (bicyclic) bond motifs is 1. The first-order chi connectivity index (χ1) is 11.0. The summed E-state index contributed by atoms with van der Waals surface area (Å²) in [6.45, 7) is 1.97. The third-order valence-electron chi connectivity index (χ3n) is 4.91. The van der Waals surface area contributed by atoms with Crippen LogP contribution >= 0.6 is 0 Å². The molecule has 1 aromatic carbocycles. The number of benzene rings is 1. The second kappa shape index (κ2) is 6.14. The van der Waals surface area contributed by atoms with Crippen molar-refractivity contribution in [3.05, 3.63) is 41.4 Å². The van der Waals surface area contributed by atoms with Crippen LogP contribution in [0.3, 0.4) is 0 Å². The molecule has 1 aliphatic heterocycles. The molecule has 5 heteroatoms. The van der Waals surface area contributed by atoms with Gasteiger partial charge in [0.2, 0.25) is 0 Å². The minimum Gasteiger partial charge on any atom is -0.505 e. The van der Waals surface area contributed by atoms with Gasteiger partial charge in [-0.2, -0.15) is 0 Å². The second-order valence-electron chi connectivity index (χ2n) is 6.43. The minimum atomic E-state index is -0.842. The monoisotopic (exact) mass is 317 g/mol. The molecule has 3 rings (SSSR count). The lowest BCUT2D eigenvalue weighted by Crippen LogP contribution is -2.21. The summed E-state index contributed by atoms with van der Waals surface area (Å²) in [6.07, 6.45) is 7.35. The number of halogens is 1. The number of rotatable bonds is 3. The summed E-state index contributed by atoms with van der Waals surface area (Å²) in [4.78, 5) is 25.1. The standard InChI is InChI=1S/C18H20FNO3/c1-11(21)13-4-2-12(3-5-13)8-9-20-10-14-6-7-15(22)17(19)16(14)18(20)23/h6-9,12-13,22H,2-5,10H2,1H3/b9-8+. The highest BCUT2D eigenvalue weighted by molar-refractivity contribution is 5.99. The highest BCUT2D eigenvalue weighted by atomic mass is 19.1. The molecular formula is C18H20FNO3. The van der Waals surface area contributed by atoms with Crippen LogP contribution in [0.15, 0.2) is 24.4 Å². The Bertz CT molecular complexity index is 675. The van der Waals surface area contributed by atoms with E-state index in [-0.39, 0.29) is 17.3 Å². The van der Waals surface area contributed by atoms with Crippen molar-refractivity contribution in [3.63, 3.8) is 0 Å². The summed E-state index contributed by atoms with van der Waals surface area (Å²) in [7, 11) is 0. The second-order valence-corrected chi connectivity index (χ2v) is 6.43. The number of hydrogen-bond donors (Lipinski definition) is 1. The number of allylic oxidation sites excluding steroid dienone is 1. The maximum atomic E-state index is 13.9. The first-order valence-corrected chi connectivity index (χ1v) is 7.97. The van der Waals surface area contributed by atoms with Gasteiger partial charge in [0.05, 0.1) is 12.1 Å². The van der Waals surface area contributed by atoms with E-state index in [2.05, 4.69) is 0 Å². The van der Waals surface area contributed by atoms with Crippen LogP contribution in [0, 0.1) is 17.7 Å². The molecule has 0 unspecified atom stereocenters. The number of aromatic hydroxyl groups is 1. The zero-order valence-electron chi connectivity index (χ0n) is 13.1. The molecule has 1 N–H and O–H groups in total. The average molecular weight is 317 g/mol. The molecule has 2 aliphatic rings. The lowest BCUT2D eigenvalue weighted by molar-refractivity contribution is -0.121. The van der Waals surface area contributed by atoms with Crippen molar-refractivity contribution in [2.75, 3.05) is 0 Å². The number of ketones is 1. The largest absolute Gasteiger partial charge is 0.505 e. The summed E-state index contributed by atoms with van der Waals surface area (Å²) < 4.78 is 13.9. The Kier molecular flexibility index (Phi) is 4.20. The zero-order valence-corrected chi connectivity index (χ0v) is 13.1. The molecule has 0 radical (unpaired) electrons. The fraction of sp³-hybridized carbons (Fsp3) is 0.444. The third-order valence-corrected chi connectivity index (χ3v) is 4.91. The average Bonchev–Trinajstić information content (AvgIpc) is 2.86. The van der Waals surface area contributed by atoms with Gasteiger partial charge in [0.15, 0.2) is 11.6 Å². The van der Waals surface area contributed by atoms with Crippen molar-refractivity contribution in [1.82, 2.24) is 4.90 Å². The van der Waals surface area contributed by atoms with Crippen molar-refractivity contribution in [1.29, 1.82) is 0 Å². The molecule has 1 aromatic rings. The summed E-state index contributed by atoms with van der Waals surface area (Å²) in [5.41, 5.74) is 0.560. The fourth-order valence-corrected chi connectivity index (χ4v) is 3.43. The van der Waals surface area contributed by atoms with Crippen LogP contribution in [-0.4, -0.2) is 21.7 Å². The zero-order chi connectivity index (χ0) is 16.6. The number of phenolic OH excluding ortho intramolecular Hbond substituents is 1. The lowest BCUT2D eigenvalue weighted by atomic mass is 9.80. The normalized spacial score (nSPS) is 24.3. The molecule has 1 heterocycles. The molecular weight excluding hydrogens is 297 g/mol.